The van der Waals surface area contributed by atoms with Gasteiger partial charge in [-0.1, -0.05) is 53.2 Å². The lowest BCUT2D eigenvalue weighted by Crippen LogP contribution is -2.67. The van der Waals surface area contributed by atoms with E-state index in [0.717, 1.165) is 44.9 Å². The van der Waals surface area contributed by atoms with Gasteiger partial charge < -0.3 is 79.5 Å². The van der Waals surface area contributed by atoms with Gasteiger partial charge in [0.05, 0.1) is 37.4 Å². The van der Waals surface area contributed by atoms with Gasteiger partial charge in [0.2, 0.25) is 0 Å². The van der Waals surface area contributed by atoms with Gasteiger partial charge in [-0.3, -0.25) is 4.79 Å². The van der Waals surface area contributed by atoms with Crippen LogP contribution in [0, 0.1) is 50.2 Å². The lowest BCUT2D eigenvalue weighted by molar-refractivity contribution is -0.383. The SMILES string of the molecule is CC1OC(OC2C(OC3CCC4(C)[C@H]5CC=C6C7CC(C)(C)CCC7(C(=O)O)CC[C@@]6(C)C5(C)CC[C@H]4[C@]3(C)CO)OCC(O)C2O)C(O)C(O[C@@H]2O[C@H](CO)[C@@H](O)[C@H](O)[C@H]2O)C1O. The molecule has 0 aromatic carbocycles. The highest BCUT2D eigenvalue weighted by molar-refractivity contribution is 5.76. The summed E-state index contributed by atoms with van der Waals surface area (Å²) in [6.45, 7) is 14.1. The molecule has 0 aromatic rings. The normalized spacial score (nSPS) is 55.0. The average Bonchev–Trinajstić information content (AvgIpc) is 3.24. The van der Waals surface area contributed by atoms with Crippen LogP contribution in [0.25, 0.3) is 0 Å². The van der Waals surface area contributed by atoms with Crippen LogP contribution in [-0.4, -0.2) is 169 Å². The van der Waals surface area contributed by atoms with Crippen molar-refractivity contribution in [2.75, 3.05) is 19.8 Å². The fraction of sp³-hybridized carbons (Fsp3) is 0.936. The maximum Gasteiger partial charge on any atom is 0.310 e. The minimum atomic E-state index is -1.82. The minimum Gasteiger partial charge on any atom is -0.481 e. The third-order valence-electron chi connectivity index (χ3n) is 19.1. The molecule has 3 saturated heterocycles. The summed E-state index contributed by atoms with van der Waals surface area (Å²) in [5.41, 5.74) is -0.609. The Morgan fingerprint density at radius 3 is 2.06 bits per heavy atom. The van der Waals surface area contributed by atoms with E-state index in [0.29, 0.717) is 19.3 Å². The molecule has 7 fully saturated rings. The smallest absolute Gasteiger partial charge is 0.310 e. The van der Waals surface area contributed by atoms with Crippen molar-refractivity contribution in [3.8, 4) is 0 Å². The quantitative estimate of drug-likeness (QED) is 0.116. The third kappa shape index (κ3) is 7.49. The molecule has 4 saturated carbocycles. The molecule has 3 aliphatic heterocycles. The van der Waals surface area contributed by atoms with E-state index in [-0.39, 0.29) is 52.6 Å². The molecule has 8 rings (SSSR count). The largest absolute Gasteiger partial charge is 0.481 e. The number of carboxylic acids is 1. The molecule has 0 amide bonds. The Morgan fingerprint density at radius 1 is 0.719 bits per heavy atom. The van der Waals surface area contributed by atoms with Crippen molar-refractivity contribution in [2.45, 2.75) is 205 Å². The first kappa shape index (κ1) is 49.0. The number of hydrogen-bond acceptors (Lipinski definition) is 16. The number of aliphatic carboxylic acids is 1. The van der Waals surface area contributed by atoms with Gasteiger partial charge in [0.25, 0.3) is 0 Å². The van der Waals surface area contributed by atoms with E-state index in [1.807, 2.05) is 6.92 Å². The van der Waals surface area contributed by atoms with E-state index < -0.39 is 116 Å². The second-order valence-electron chi connectivity index (χ2n) is 22.9. The summed E-state index contributed by atoms with van der Waals surface area (Å²) >= 11 is 0. The van der Waals surface area contributed by atoms with Gasteiger partial charge in [0.15, 0.2) is 18.9 Å². The maximum absolute atomic E-state index is 13.1. The Balaban J connectivity index is 1.01. The lowest BCUT2D eigenvalue weighted by Gasteiger charge is -2.71. The molecule has 0 bridgehead atoms. The van der Waals surface area contributed by atoms with E-state index in [1.54, 1.807) is 0 Å². The van der Waals surface area contributed by atoms with Crippen molar-refractivity contribution >= 4 is 5.97 Å². The summed E-state index contributed by atoms with van der Waals surface area (Å²) < 4.78 is 36.1. The number of fused-ring (bicyclic) bond motifs is 7. The Kier molecular flexibility index (Phi) is 13.2. The summed E-state index contributed by atoms with van der Waals surface area (Å²) in [6.07, 6.45) is -11.9. The number of rotatable bonds is 9. The van der Waals surface area contributed by atoms with Crippen LogP contribution in [0.4, 0.5) is 0 Å². The zero-order chi connectivity index (χ0) is 46.7. The van der Waals surface area contributed by atoms with E-state index in [1.165, 1.54) is 12.5 Å². The zero-order valence-electron chi connectivity index (χ0n) is 38.5. The van der Waals surface area contributed by atoms with Crippen LogP contribution in [-0.2, 0) is 33.2 Å². The van der Waals surface area contributed by atoms with Gasteiger partial charge in [-0.15, -0.1) is 0 Å². The van der Waals surface area contributed by atoms with E-state index in [2.05, 4.69) is 40.7 Å². The topological polar surface area (TPSA) is 275 Å². The molecule has 5 aliphatic carbocycles. The monoisotopic (exact) mass is 913 g/mol. The average molecular weight is 913 g/mol. The molecular weight excluding hydrogens is 837 g/mol. The van der Waals surface area contributed by atoms with Crippen LogP contribution in [0.2, 0.25) is 0 Å². The van der Waals surface area contributed by atoms with Crippen molar-refractivity contribution < 1.29 is 84.3 Å². The number of ether oxygens (including phenoxy) is 6. The second-order valence-corrected chi connectivity index (χ2v) is 22.9. The highest BCUT2D eigenvalue weighted by atomic mass is 16.8. The van der Waals surface area contributed by atoms with Crippen LogP contribution in [0.3, 0.4) is 0 Å². The van der Waals surface area contributed by atoms with Gasteiger partial charge in [0, 0.05) is 5.41 Å². The summed E-state index contributed by atoms with van der Waals surface area (Å²) in [6, 6.07) is 0. The third-order valence-corrected chi connectivity index (χ3v) is 19.1. The first-order valence-corrected chi connectivity index (χ1v) is 23.7. The van der Waals surface area contributed by atoms with Gasteiger partial charge in [-0.25, -0.2) is 0 Å². The molecule has 8 aliphatic rings. The number of allylic oxidation sites excluding steroid dienone is 2. The summed E-state index contributed by atoms with van der Waals surface area (Å²) in [5.74, 6) is -0.391. The fourth-order valence-electron chi connectivity index (χ4n) is 14.8. The van der Waals surface area contributed by atoms with Crippen LogP contribution < -0.4 is 0 Å². The van der Waals surface area contributed by atoms with Crippen molar-refractivity contribution in [3.05, 3.63) is 11.6 Å². The van der Waals surface area contributed by atoms with Crippen molar-refractivity contribution in [3.63, 3.8) is 0 Å². The molecule has 14 unspecified atom stereocenters. The van der Waals surface area contributed by atoms with Gasteiger partial charge in [0.1, 0.15) is 61.0 Å². The lowest BCUT2D eigenvalue weighted by atomic mass is 9.33. The van der Waals surface area contributed by atoms with Gasteiger partial charge in [-0.05, 0) is 111 Å². The van der Waals surface area contributed by atoms with Crippen LogP contribution >= 0.6 is 0 Å². The molecule has 17 heteroatoms. The first-order valence-electron chi connectivity index (χ1n) is 23.7. The van der Waals surface area contributed by atoms with Gasteiger partial charge >= 0.3 is 5.97 Å². The second kappa shape index (κ2) is 17.2. The Morgan fingerprint density at radius 2 is 1.39 bits per heavy atom. The molecule has 10 N–H and O–H groups in total. The number of carbonyl (C=O) groups is 1. The minimum absolute atomic E-state index is 0.00330. The first-order chi connectivity index (χ1) is 29.9. The van der Waals surface area contributed by atoms with Crippen molar-refractivity contribution in [1.82, 2.24) is 0 Å². The summed E-state index contributed by atoms with van der Waals surface area (Å²) in [4.78, 5) is 13.1. The molecule has 3 heterocycles. The highest BCUT2D eigenvalue weighted by Gasteiger charge is 2.70. The molecule has 366 valence electrons. The van der Waals surface area contributed by atoms with Crippen molar-refractivity contribution in [2.24, 2.45) is 50.2 Å². The summed E-state index contributed by atoms with van der Waals surface area (Å²) in [5, 5.41) is 108. The highest BCUT2D eigenvalue weighted by Crippen LogP contribution is 2.76. The zero-order valence-corrected chi connectivity index (χ0v) is 38.5. The van der Waals surface area contributed by atoms with Crippen LogP contribution in [0.5, 0.6) is 0 Å². The van der Waals surface area contributed by atoms with Crippen LogP contribution in [0.15, 0.2) is 11.6 Å². The summed E-state index contributed by atoms with van der Waals surface area (Å²) in [7, 11) is 0. The van der Waals surface area contributed by atoms with E-state index >= 15 is 0 Å². The molecule has 0 aromatic heterocycles. The maximum atomic E-state index is 13.1. The molecular formula is C47H76O17. The van der Waals surface area contributed by atoms with E-state index in [4.69, 9.17) is 28.4 Å². The predicted molar refractivity (Wildman–Crippen MR) is 225 cm³/mol. The standard InChI is InChI=1S/C47H76O17/c1-22-30(51)36(63-38-34(55)33(54)32(53)26(19-48)61-38)35(56)39(60-22)64-37-31(52)25(50)20-59-40(37)62-29-11-12-43(4)27(44(29,5)21-49)10-13-46(7)28(43)9-8-23-24-18-42(2,3)14-16-47(24,41(57)58)17-15-45(23,46)6/h8,22,24-40,48-56H,9-21H2,1-7H3,(H,57,58)/t22?,24?,25?,26-,27-,28-,29?,30?,31?,32-,33+,34-,35?,36?,37?,38+,39?,40?,43?,44+,45-,46?,47?/m1/s1. The Bertz CT molecular complexity index is 1750. The molecule has 64 heavy (non-hydrogen) atoms. The van der Waals surface area contributed by atoms with Crippen molar-refractivity contribution in [1.29, 1.82) is 0 Å². The molecule has 0 spiro atoms. The van der Waals surface area contributed by atoms with Crippen LogP contribution in [0.1, 0.15) is 113 Å². The number of carboxylic acid groups (broad SMARTS) is 1. The Labute approximate surface area is 376 Å². The fourth-order valence-corrected chi connectivity index (χ4v) is 14.8. The van der Waals surface area contributed by atoms with Gasteiger partial charge in [-0.2, -0.15) is 0 Å². The molecule has 23 atom stereocenters. The number of aliphatic hydroxyl groups is 9. The predicted octanol–water partition coefficient (Wildman–Crippen LogP) is 1.35. The Hall–Kier alpha value is -1.39. The molecule has 17 nitrogen and oxygen atoms in total. The van der Waals surface area contributed by atoms with E-state index in [9.17, 15) is 55.9 Å². The number of hydrogen-bond donors (Lipinski definition) is 10. The number of aliphatic hydroxyl groups excluding tert-OH is 9. The molecule has 0 radical (unpaired) electrons.